The van der Waals surface area contributed by atoms with Crippen molar-refractivity contribution in [3.05, 3.63) is 59.4 Å². The summed E-state index contributed by atoms with van der Waals surface area (Å²) in [6.45, 7) is 2.17. The third kappa shape index (κ3) is 2.05. The molecule has 0 bridgehead atoms. The van der Waals surface area contributed by atoms with E-state index < -0.39 is 11.6 Å². The summed E-state index contributed by atoms with van der Waals surface area (Å²) in [5, 5.41) is 5.39. The monoisotopic (exact) mass is 273 g/mol. The van der Waals surface area contributed by atoms with Gasteiger partial charge in [0, 0.05) is 17.1 Å². The van der Waals surface area contributed by atoms with Crippen molar-refractivity contribution in [1.29, 1.82) is 0 Å². The quantitative estimate of drug-likeness (QED) is 0.733. The Labute approximate surface area is 114 Å². The topological polar surface area (TPSA) is 30.7 Å². The first-order valence-corrected chi connectivity index (χ1v) is 6.44. The predicted octanol–water partition coefficient (Wildman–Crippen LogP) is 3.32. The van der Waals surface area contributed by atoms with Crippen LogP contribution in [0.1, 0.15) is 18.2 Å². The molecular formula is C15H13F2N3. The van der Waals surface area contributed by atoms with Crippen molar-refractivity contribution in [2.45, 2.75) is 19.9 Å². The molecule has 3 aromatic rings. The summed E-state index contributed by atoms with van der Waals surface area (Å²) in [6.07, 6.45) is 2.43. The molecule has 0 aliphatic rings. The van der Waals surface area contributed by atoms with Gasteiger partial charge in [0.05, 0.1) is 12.2 Å². The Bertz CT molecular complexity index is 765. The van der Waals surface area contributed by atoms with Crippen molar-refractivity contribution in [3.63, 3.8) is 0 Å². The van der Waals surface area contributed by atoms with E-state index in [4.69, 9.17) is 0 Å². The fraction of sp³-hybridized carbons (Fsp3) is 0.200. The molecule has 2 aromatic heterocycles. The Kier molecular flexibility index (Phi) is 3.18. The average Bonchev–Trinajstić information content (AvgIpc) is 2.82. The van der Waals surface area contributed by atoms with Crippen LogP contribution in [-0.4, -0.2) is 14.8 Å². The van der Waals surface area contributed by atoms with E-state index in [2.05, 4.69) is 10.1 Å². The van der Waals surface area contributed by atoms with E-state index in [0.29, 0.717) is 5.65 Å². The molecule has 5 heteroatoms. The van der Waals surface area contributed by atoms with Gasteiger partial charge in [0.1, 0.15) is 0 Å². The normalized spacial score (nSPS) is 11.2. The molecule has 0 unspecified atom stereocenters. The van der Waals surface area contributed by atoms with Crippen molar-refractivity contribution in [1.82, 2.24) is 14.8 Å². The minimum Gasteiger partial charge on any atom is -0.242 e. The van der Waals surface area contributed by atoms with Gasteiger partial charge in [-0.2, -0.15) is 5.10 Å². The number of aromatic nitrogens is 3. The van der Waals surface area contributed by atoms with E-state index in [1.54, 1.807) is 16.9 Å². The van der Waals surface area contributed by atoms with Crippen LogP contribution in [0.2, 0.25) is 0 Å². The SMILES string of the molecule is CCc1nn(Cc2cccc(F)c2F)c2ncccc12. The number of hydrogen-bond acceptors (Lipinski definition) is 2. The smallest absolute Gasteiger partial charge is 0.163 e. The Hall–Kier alpha value is -2.30. The molecule has 0 saturated heterocycles. The third-order valence-electron chi connectivity index (χ3n) is 3.27. The zero-order chi connectivity index (χ0) is 14.1. The van der Waals surface area contributed by atoms with Crippen molar-refractivity contribution >= 4 is 11.0 Å². The maximum Gasteiger partial charge on any atom is 0.163 e. The highest BCUT2D eigenvalue weighted by atomic mass is 19.2. The van der Waals surface area contributed by atoms with Gasteiger partial charge in [-0.1, -0.05) is 19.1 Å². The summed E-state index contributed by atoms with van der Waals surface area (Å²) in [4.78, 5) is 4.28. The average molecular weight is 273 g/mol. The number of rotatable bonds is 3. The second-order valence-electron chi connectivity index (χ2n) is 4.55. The summed E-state index contributed by atoms with van der Waals surface area (Å²) in [7, 11) is 0. The molecule has 3 nitrogen and oxygen atoms in total. The molecule has 3 rings (SSSR count). The van der Waals surface area contributed by atoms with Gasteiger partial charge in [-0.15, -0.1) is 0 Å². The highest BCUT2D eigenvalue weighted by Crippen LogP contribution is 2.19. The minimum atomic E-state index is -0.845. The summed E-state index contributed by atoms with van der Waals surface area (Å²) >= 11 is 0. The van der Waals surface area contributed by atoms with Crippen LogP contribution in [-0.2, 0) is 13.0 Å². The first-order valence-electron chi connectivity index (χ1n) is 6.44. The zero-order valence-corrected chi connectivity index (χ0v) is 11.0. The number of benzene rings is 1. The van der Waals surface area contributed by atoms with Crippen molar-refractivity contribution < 1.29 is 8.78 Å². The molecular weight excluding hydrogens is 260 g/mol. The maximum atomic E-state index is 13.7. The summed E-state index contributed by atoms with van der Waals surface area (Å²) in [5.41, 5.74) is 1.86. The first-order chi connectivity index (χ1) is 9.70. The molecule has 0 spiro atoms. The van der Waals surface area contributed by atoms with Crippen LogP contribution in [0.4, 0.5) is 8.78 Å². The van der Waals surface area contributed by atoms with Crippen molar-refractivity contribution in [3.8, 4) is 0 Å². The summed E-state index contributed by atoms with van der Waals surface area (Å²) in [6, 6.07) is 7.94. The molecule has 0 atom stereocenters. The van der Waals surface area contributed by atoms with Crippen LogP contribution >= 0.6 is 0 Å². The second kappa shape index (κ2) is 5.00. The Balaban J connectivity index is 2.09. The van der Waals surface area contributed by atoms with Crippen LogP contribution in [0.25, 0.3) is 11.0 Å². The molecule has 2 heterocycles. The molecule has 0 radical (unpaired) electrons. The van der Waals surface area contributed by atoms with E-state index in [1.807, 2.05) is 19.1 Å². The molecule has 0 saturated carbocycles. The van der Waals surface area contributed by atoms with Gasteiger partial charge in [-0.25, -0.2) is 18.4 Å². The number of hydrogen-bond donors (Lipinski definition) is 0. The molecule has 0 N–H and O–H groups in total. The summed E-state index contributed by atoms with van der Waals surface area (Å²) < 4.78 is 28.6. The maximum absolute atomic E-state index is 13.7. The lowest BCUT2D eigenvalue weighted by Crippen LogP contribution is -2.06. The van der Waals surface area contributed by atoms with Gasteiger partial charge in [0.15, 0.2) is 17.3 Å². The van der Waals surface area contributed by atoms with Gasteiger partial charge in [0.25, 0.3) is 0 Å². The van der Waals surface area contributed by atoms with Crippen LogP contribution in [0.15, 0.2) is 36.5 Å². The minimum absolute atomic E-state index is 0.164. The van der Waals surface area contributed by atoms with Gasteiger partial charge < -0.3 is 0 Å². The number of nitrogens with zero attached hydrogens (tertiary/aromatic N) is 3. The Morgan fingerprint density at radius 2 is 2.00 bits per heavy atom. The van der Waals surface area contributed by atoms with E-state index in [-0.39, 0.29) is 12.1 Å². The molecule has 0 amide bonds. The Morgan fingerprint density at radius 3 is 2.80 bits per heavy atom. The van der Waals surface area contributed by atoms with E-state index in [1.165, 1.54) is 6.07 Å². The predicted molar refractivity (Wildman–Crippen MR) is 72.4 cm³/mol. The lowest BCUT2D eigenvalue weighted by Gasteiger charge is -2.05. The Morgan fingerprint density at radius 1 is 1.15 bits per heavy atom. The van der Waals surface area contributed by atoms with Crippen molar-refractivity contribution in [2.24, 2.45) is 0 Å². The van der Waals surface area contributed by atoms with Gasteiger partial charge in [-0.05, 0) is 24.6 Å². The number of aryl methyl sites for hydroxylation is 1. The van der Waals surface area contributed by atoms with Gasteiger partial charge in [-0.3, -0.25) is 0 Å². The lowest BCUT2D eigenvalue weighted by atomic mass is 10.2. The van der Waals surface area contributed by atoms with E-state index in [0.717, 1.165) is 23.6 Å². The standard InChI is InChI=1S/C15H13F2N3/c1-2-13-11-6-4-8-18-15(11)20(19-13)9-10-5-3-7-12(16)14(10)17/h3-8H,2,9H2,1H3. The van der Waals surface area contributed by atoms with Gasteiger partial charge in [0.2, 0.25) is 0 Å². The second-order valence-corrected chi connectivity index (χ2v) is 4.55. The highest BCUT2D eigenvalue weighted by molar-refractivity contribution is 5.78. The molecule has 102 valence electrons. The van der Waals surface area contributed by atoms with E-state index >= 15 is 0 Å². The number of fused-ring (bicyclic) bond motifs is 1. The van der Waals surface area contributed by atoms with Crippen LogP contribution in [0.3, 0.4) is 0 Å². The molecule has 0 fully saturated rings. The fourth-order valence-corrected chi connectivity index (χ4v) is 2.28. The van der Waals surface area contributed by atoms with Gasteiger partial charge >= 0.3 is 0 Å². The molecule has 0 aliphatic carbocycles. The number of halogens is 2. The zero-order valence-electron chi connectivity index (χ0n) is 11.0. The lowest BCUT2D eigenvalue weighted by molar-refractivity contribution is 0.492. The fourth-order valence-electron chi connectivity index (χ4n) is 2.28. The summed E-state index contributed by atoms with van der Waals surface area (Å²) in [5.74, 6) is -1.67. The van der Waals surface area contributed by atoms with Crippen molar-refractivity contribution in [2.75, 3.05) is 0 Å². The van der Waals surface area contributed by atoms with Crippen LogP contribution in [0.5, 0.6) is 0 Å². The molecule has 20 heavy (non-hydrogen) atoms. The molecule has 0 aliphatic heterocycles. The number of pyridine rings is 1. The largest absolute Gasteiger partial charge is 0.242 e. The molecule has 1 aromatic carbocycles. The van der Waals surface area contributed by atoms with Crippen LogP contribution < -0.4 is 0 Å². The highest BCUT2D eigenvalue weighted by Gasteiger charge is 2.13. The first kappa shape index (κ1) is 12.7. The van der Waals surface area contributed by atoms with Crippen LogP contribution in [0, 0.1) is 11.6 Å². The van der Waals surface area contributed by atoms with E-state index in [9.17, 15) is 8.78 Å². The third-order valence-corrected chi connectivity index (χ3v) is 3.27.